The quantitative estimate of drug-likeness (QED) is 0.160. The second-order valence-electron chi connectivity index (χ2n) is 15.1. The van der Waals surface area contributed by atoms with E-state index in [9.17, 15) is 0 Å². The van der Waals surface area contributed by atoms with E-state index < -0.39 is 0 Å². The molecule has 0 bridgehead atoms. The van der Waals surface area contributed by atoms with Gasteiger partial charge in [0.05, 0.1) is 5.39 Å². The fourth-order valence-corrected chi connectivity index (χ4v) is 8.78. The normalized spacial score (nSPS) is 11.6. The van der Waals surface area contributed by atoms with E-state index in [-0.39, 0.29) is 0 Å². The predicted octanol–water partition coefficient (Wildman–Crippen LogP) is 15.0. The molecule has 3 heterocycles. The smallest absolute Gasteiger partial charge is 0.164 e. The van der Waals surface area contributed by atoms with Gasteiger partial charge in [0.25, 0.3) is 0 Å². The maximum absolute atomic E-state index is 7.04. The maximum atomic E-state index is 7.04. The third-order valence-electron chi connectivity index (χ3n) is 11.5. The fourth-order valence-electron chi connectivity index (χ4n) is 8.78. The van der Waals surface area contributed by atoms with Crippen LogP contribution in [0.3, 0.4) is 0 Å². The largest absolute Gasteiger partial charge is 0.455 e. The molecular weight excluding hydrogens is 749 g/mol. The summed E-state index contributed by atoms with van der Waals surface area (Å²) in [5.41, 5.74) is 11.1. The number of furan rings is 2. The lowest BCUT2D eigenvalue weighted by molar-refractivity contribution is 0.665. The first kappa shape index (κ1) is 34.7. The Bertz CT molecular complexity index is 3470. The molecule has 6 heteroatoms. The van der Waals surface area contributed by atoms with E-state index in [1.54, 1.807) is 0 Å². The van der Waals surface area contributed by atoms with Crippen molar-refractivity contribution < 1.29 is 8.83 Å². The van der Waals surface area contributed by atoms with E-state index in [1.165, 1.54) is 0 Å². The lowest BCUT2D eigenvalue weighted by Crippen LogP contribution is -2.09. The van der Waals surface area contributed by atoms with Crippen LogP contribution in [0.1, 0.15) is 0 Å². The molecule has 0 amide bonds. The lowest BCUT2D eigenvalue weighted by Gasteiger charge is -2.25. The van der Waals surface area contributed by atoms with E-state index in [4.69, 9.17) is 23.8 Å². The van der Waals surface area contributed by atoms with Crippen molar-refractivity contribution in [3.8, 4) is 45.3 Å². The fraction of sp³-hybridized carbons (Fsp3) is 0. The van der Waals surface area contributed by atoms with Gasteiger partial charge in [-0.05, 0) is 65.0 Å². The average molecular weight is 783 g/mol. The zero-order valence-electron chi connectivity index (χ0n) is 32.7. The molecule has 0 spiro atoms. The van der Waals surface area contributed by atoms with Crippen LogP contribution in [0.2, 0.25) is 0 Å². The first-order valence-corrected chi connectivity index (χ1v) is 20.4. The minimum absolute atomic E-state index is 0.555. The summed E-state index contributed by atoms with van der Waals surface area (Å²) in [5, 5.41) is 5.94. The van der Waals surface area contributed by atoms with Crippen molar-refractivity contribution >= 4 is 71.7 Å². The molecule has 0 N–H and O–H groups in total. The van der Waals surface area contributed by atoms with Crippen molar-refractivity contribution in [2.24, 2.45) is 0 Å². The number of para-hydroxylation sites is 2. The Balaban J connectivity index is 1.09. The molecule has 12 aromatic rings. The monoisotopic (exact) mass is 782 g/mol. The first-order chi connectivity index (χ1) is 30.3. The molecule has 12 rings (SSSR count). The molecular formula is C55H34N4O2. The molecule has 0 radical (unpaired) electrons. The molecule has 0 fully saturated rings. The topological polar surface area (TPSA) is 68.2 Å². The van der Waals surface area contributed by atoms with Crippen molar-refractivity contribution in [1.29, 1.82) is 0 Å². The summed E-state index contributed by atoms with van der Waals surface area (Å²) in [5.74, 6) is 1.75. The Morgan fingerprint density at radius 3 is 1.34 bits per heavy atom. The highest BCUT2D eigenvalue weighted by atomic mass is 16.3. The third-order valence-corrected chi connectivity index (χ3v) is 11.5. The number of hydrogen-bond acceptors (Lipinski definition) is 6. The minimum atomic E-state index is 0.555. The van der Waals surface area contributed by atoms with Gasteiger partial charge in [0.2, 0.25) is 0 Å². The Labute approximate surface area is 350 Å². The van der Waals surface area contributed by atoms with E-state index in [1.807, 2.05) is 84.9 Å². The molecule has 6 nitrogen and oxygen atoms in total. The van der Waals surface area contributed by atoms with Gasteiger partial charge in [-0.2, -0.15) is 0 Å². The van der Waals surface area contributed by atoms with Gasteiger partial charge in [-0.25, -0.2) is 15.0 Å². The van der Waals surface area contributed by atoms with Crippen molar-refractivity contribution in [3.05, 3.63) is 206 Å². The van der Waals surface area contributed by atoms with Gasteiger partial charge in [0, 0.05) is 55.3 Å². The highest BCUT2D eigenvalue weighted by molar-refractivity contribution is 6.36. The minimum Gasteiger partial charge on any atom is -0.455 e. The number of benzene rings is 9. The van der Waals surface area contributed by atoms with E-state index in [0.29, 0.717) is 17.5 Å². The lowest BCUT2D eigenvalue weighted by atomic mass is 9.94. The van der Waals surface area contributed by atoms with Crippen LogP contribution in [-0.4, -0.2) is 15.0 Å². The van der Waals surface area contributed by atoms with Crippen molar-refractivity contribution in [2.45, 2.75) is 0 Å². The highest BCUT2D eigenvalue weighted by Gasteiger charge is 2.25. The Morgan fingerprint density at radius 1 is 0.295 bits per heavy atom. The number of anilines is 3. The molecule has 0 atom stereocenters. The van der Waals surface area contributed by atoms with Crippen LogP contribution >= 0.6 is 0 Å². The molecule has 9 aromatic carbocycles. The zero-order chi connectivity index (χ0) is 40.3. The molecule has 61 heavy (non-hydrogen) atoms. The summed E-state index contributed by atoms with van der Waals surface area (Å²) in [6.07, 6.45) is 0. The highest BCUT2D eigenvalue weighted by Crippen LogP contribution is 2.49. The van der Waals surface area contributed by atoms with Crippen molar-refractivity contribution in [2.75, 3.05) is 4.90 Å². The second kappa shape index (κ2) is 14.2. The van der Waals surface area contributed by atoms with Crippen LogP contribution in [-0.2, 0) is 0 Å². The van der Waals surface area contributed by atoms with E-state index in [0.717, 1.165) is 99.5 Å². The predicted molar refractivity (Wildman–Crippen MR) is 248 cm³/mol. The van der Waals surface area contributed by atoms with Gasteiger partial charge < -0.3 is 13.7 Å². The number of rotatable bonds is 7. The zero-order valence-corrected chi connectivity index (χ0v) is 32.7. The van der Waals surface area contributed by atoms with Gasteiger partial charge in [-0.15, -0.1) is 0 Å². The average Bonchev–Trinajstić information content (AvgIpc) is 3.93. The van der Waals surface area contributed by atoms with Gasteiger partial charge in [-0.1, -0.05) is 158 Å². The summed E-state index contributed by atoms with van der Waals surface area (Å²) in [4.78, 5) is 17.5. The van der Waals surface area contributed by atoms with Gasteiger partial charge >= 0.3 is 0 Å². The Kier molecular flexibility index (Phi) is 8.06. The van der Waals surface area contributed by atoms with Gasteiger partial charge in [0.1, 0.15) is 22.3 Å². The van der Waals surface area contributed by atoms with Gasteiger partial charge in [-0.3, -0.25) is 0 Å². The second-order valence-corrected chi connectivity index (χ2v) is 15.1. The van der Waals surface area contributed by atoms with Crippen LogP contribution in [0.5, 0.6) is 0 Å². The van der Waals surface area contributed by atoms with Gasteiger partial charge in [0.15, 0.2) is 17.5 Å². The molecule has 0 unspecified atom stereocenters. The molecule has 0 aliphatic heterocycles. The van der Waals surface area contributed by atoms with Crippen LogP contribution < -0.4 is 4.90 Å². The molecule has 3 aromatic heterocycles. The number of hydrogen-bond donors (Lipinski definition) is 0. The van der Waals surface area contributed by atoms with Crippen LogP contribution in [0.15, 0.2) is 215 Å². The molecule has 286 valence electrons. The molecule has 0 aliphatic carbocycles. The maximum Gasteiger partial charge on any atom is 0.164 e. The first-order valence-electron chi connectivity index (χ1n) is 20.4. The molecule has 0 saturated carbocycles. The van der Waals surface area contributed by atoms with E-state index in [2.05, 4.69) is 126 Å². The Hall–Kier alpha value is -8.35. The van der Waals surface area contributed by atoms with Crippen LogP contribution in [0, 0.1) is 0 Å². The molecule has 0 saturated heterocycles. The third kappa shape index (κ3) is 5.76. The summed E-state index contributed by atoms with van der Waals surface area (Å²) >= 11 is 0. The summed E-state index contributed by atoms with van der Waals surface area (Å²) in [6, 6.07) is 70.8. The Morgan fingerprint density at radius 2 is 0.754 bits per heavy atom. The summed E-state index contributed by atoms with van der Waals surface area (Å²) < 4.78 is 13.9. The standard InChI is InChI=1S/C55H34N4O2/c1-5-17-36(18-6-1)53-56-54(37-19-7-2-8-20-37)58-55(57-53)44-28-16-30-46-48(44)50-51(60-46)43-26-14-13-25-42(43)49-47-41(27-15-29-45(47)61-52(49)50)35-31-33-40(34-32-35)59(38-21-9-3-10-22-38)39-23-11-4-12-24-39/h1-34H. The summed E-state index contributed by atoms with van der Waals surface area (Å²) in [6.45, 7) is 0. The number of aromatic nitrogens is 3. The van der Waals surface area contributed by atoms with Crippen LogP contribution in [0.4, 0.5) is 17.1 Å². The van der Waals surface area contributed by atoms with E-state index >= 15 is 0 Å². The van der Waals surface area contributed by atoms with Crippen molar-refractivity contribution in [1.82, 2.24) is 15.0 Å². The number of fused-ring (bicyclic) bond motifs is 10. The molecule has 0 aliphatic rings. The summed E-state index contributed by atoms with van der Waals surface area (Å²) in [7, 11) is 0. The van der Waals surface area contributed by atoms with Crippen LogP contribution in [0.25, 0.3) is 99.9 Å². The SMILES string of the molecule is c1ccc(-c2nc(-c3ccccc3)nc(-c3cccc4oc5c6ccccc6c6c(oc7cccc(-c8ccc(N(c9ccccc9)c9ccccc9)cc8)c76)c5c34)n2)cc1. The van der Waals surface area contributed by atoms with Crippen molar-refractivity contribution in [3.63, 3.8) is 0 Å². The number of nitrogens with zero attached hydrogens (tertiary/aromatic N) is 4.